The summed E-state index contributed by atoms with van der Waals surface area (Å²) >= 11 is 0. The minimum atomic E-state index is -3.79. The number of benzene rings is 4. The highest BCUT2D eigenvalue weighted by molar-refractivity contribution is 7.90. The zero-order chi connectivity index (χ0) is 26.5. The van der Waals surface area contributed by atoms with Gasteiger partial charge < -0.3 is 14.4 Å². The molecular weight excluding hydrogens is 504 g/mol. The largest absolute Gasteiger partial charge is 0.489 e. The molecule has 0 N–H and O–H groups in total. The minimum Gasteiger partial charge on any atom is -0.489 e. The second kappa shape index (κ2) is 11.0. The van der Waals surface area contributed by atoms with Crippen molar-refractivity contribution < 1.29 is 22.7 Å². The van der Waals surface area contributed by atoms with Crippen LogP contribution in [0.4, 0.5) is 10.5 Å². The molecule has 1 atom stereocenters. The predicted octanol–water partition coefficient (Wildman–Crippen LogP) is 6.00. The Morgan fingerprint density at radius 2 is 1.71 bits per heavy atom. The number of amides is 1. The van der Waals surface area contributed by atoms with Gasteiger partial charge in [-0.2, -0.15) is 0 Å². The van der Waals surface area contributed by atoms with Crippen LogP contribution in [0.1, 0.15) is 17.5 Å². The summed E-state index contributed by atoms with van der Waals surface area (Å²) in [6, 6.07) is 26.4. The lowest BCUT2D eigenvalue weighted by molar-refractivity contribution is 0.0991. The van der Waals surface area contributed by atoms with Crippen LogP contribution in [-0.4, -0.2) is 38.6 Å². The van der Waals surface area contributed by atoms with Crippen molar-refractivity contribution in [3.63, 3.8) is 0 Å². The standard InChI is InChI=1S/C29H26N2O6S/c32-29(36-19-21-7-2-1-3-8-21)31-16-15-25(18-31)37-24-13-14-27(30-33)23(17-24)20-38(34,35)28-12-6-10-22-9-4-5-11-26(22)28/h1-14,17,25H,15-16,18-20H2. The fourth-order valence-corrected chi connectivity index (χ4v) is 6.19. The van der Waals surface area contributed by atoms with Gasteiger partial charge in [-0.3, -0.25) is 0 Å². The molecule has 1 fully saturated rings. The summed E-state index contributed by atoms with van der Waals surface area (Å²) in [5.74, 6) is 0.00652. The molecule has 1 amide bonds. The van der Waals surface area contributed by atoms with Crippen molar-refractivity contribution in [2.75, 3.05) is 13.1 Å². The third-order valence-corrected chi connectivity index (χ3v) is 8.21. The highest BCUT2D eigenvalue weighted by atomic mass is 32.2. The van der Waals surface area contributed by atoms with Crippen molar-refractivity contribution >= 4 is 32.4 Å². The normalized spacial score (nSPS) is 15.4. The molecule has 1 aliphatic heterocycles. The number of carbonyl (C=O) groups is 1. The molecule has 4 aromatic rings. The first-order valence-corrected chi connectivity index (χ1v) is 13.9. The number of ether oxygens (including phenoxy) is 2. The maximum absolute atomic E-state index is 13.4. The summed E-state index contributed by atoms with van der Waals surface area (Å²) in [6.45, 7) is 1.01. The Balaban J connectivity index is 1.27. The topological polar surface area (TPSA) is 102 Å². The lowest BCUT2D eigenvalue weighted by Crippen LogP contribution is -2.31. The van der Waals surface area contributed by atoms with E-state index in [9.17, 15) is 18.1 Å². The minimum absolute atomic E-state index is 0.0405. The summed E-state index contributed by atoms with van der Waals surface area (Å²) in [5, 5.41) is 4.46. The van der Waals surface area contributed by atoms with Crippen LogP contribution in [0.15, 0.2) is 101 Å². The van der Waals surface area contributed by atoms with Crippen LogP contribution in [0, 0.1) is 4.91 Å². The number of rotatable bonds is 8. The highest BCUT2D eigenvalue weighted by Gasteiger charge is 2.29. The number of nitroso groups, excluding NO2 is 1. The van der Waals surface area contributed by atoms with Crippen LogP contribution < -0.4 is 4.74 Å². The number of carbonyl (C=O) groups excluding carboxylic acids is 1. The Morgan fingerprint density at radius 3 is 2.53 bits per heavy atom. The molecule has 8 nitrogen and oxygen atoms in total. The van der Waals surface area contributed by atoms with E-state index < -0.39 is 21.7 Å². The van der Waals surface area contributed by atoms with Crippen LogP contribution in [0.3, 0.4) is 0 Å². The van der Waals surface area contributed by atoms with E-state index in [1.807, 2.05) is 48.5 Å². The quantitative estimate of drug-likeness (QED) is 0.259. The van der Waals surface area contributed by atoms with Crippen molar-refractivity contribution in [1.82, 2.24) is 4.90 Å². The van der Waals surface area contributed by atoms with Gasteiger partial charge in [-0.15, -0.1) is 4.91 Å². The third-order valence-electron chi connectivity index (χ3n) is 6.49. The molecular formula is C29H26N2O6S. The van der Waals surface area contributed by atoms with Crippen molar-refractivity contribution in [3.8, 4) is 5.75 Å². The molecule has 1 unspecified atom stereocenters. The molecule has 0 aromatic heterocycles. The summed E-state index contributed by atoms with van der Waals surface area (Å²) in [4.78, 5) is 25.7. The van der Waals surface area contributed by atoms with Gasteiger partial charge in [0.15, 0.2) is 9.84 Å². The maximum atomic E-state index is 13.4. The van der Waals surface area contributed by atoms with Crippen LogP contribution in [0.2, 0.25) is 0 Å². The molecule has 0 saturated carbocycles. The fraction of sp³-hybridized carbons (Fsp3) is 0.207. The number of hydrogen-bond acceptors (Lipinski definition) is 7. The van der Waals surface area contributed by atoms with Gasteiger partial charge in [0.2, 0.25) is 0 Å². The van der Waals surface area contributed by atoms with E-state index in [0.29, 0.717) is 30.6 Å². The first kappa shape index (κ1) is 25.4. The smallest absolute Gasteiger partial charge is 0.410 e. The van der Waals surface area contributed by atoms with E-state index in [-0.39, 0.29) is 28.9 Å². The first-order valence-electron chi connectivity index (χ1n) is 12.2. The molecule has 0 bridgehead atoms. The van der Waals surface area contributed by atoms with E-state index in [4.69, 9.17) is 9.47 Å². The number of nitrogens with zero attached hydrogens (tertiary/aromatic N) is 2. The van der Waals surface area contributed by atoms with Crippen molar-refractivity contribution in [2.45, 2.75) is 29.8 Å². The SMILES string of the molecule is O=Nc1ccc(OC2CCN(C(=O)OCc3ccccc3)C2)cc1CS(=O)(=O)c1cccc2ccccc12. The average Bonchev–Trinajstić information content (AvgIpc) is 3.40. The molecule has 4 aromatic carbocycles. The summed E-state index contributed by atoms with van der Waals surface area (Å²) in [5.41, 5.74) is 1.20. The Labute approximate surface area is 220 Å². The molecule has 0 spiro atoms. The van der Waals surface area contributed by atoms with Gasteiger partial charge in [0.25, 0.3) is 0 Å². The van der Waals surface area contributed by atoms with Crippen LogP contribution in [-0.2, 0) is 26.9 Å². The van der Waals surface area contributed by atoms with E-state index in [0.717, 1.165) is 10.9 Å². The Hall–Kier alpha value is -4.24. The van der Waals surface area contributed by atoms with E-state index in [2.05, 4.69) is 5.18 Å². The molecule has 0 radical (unpaired) electrons. The van der Waals surface area contributed by atoms with Crippen LogP contribution in [0.25, 0.3) is 10.8 Å². The molecule has 9 heteroatoms. The molecule has 1 saturated heterocycles. The monoisotopic (exact) mass is 530 g/mol. The van der Waals surface area contributed by atoms with Gasteiger partial charge in [0, 0.05) is 23.9 Å². The predicted molar refractivity (Wildman–Crippen MR) is 144 cm³/mol. The zero-order valence-electron chi connectivity index (χ0n) is 20.5. The van der Waals surface area contributed by atoms with Crippen molar-refractivity contribution in [2.24, 2.45) is 5.18 Å². The molecule has 5 rings (SSSR count). The molecule has 38 heavy (non-hydrogen) atoms. The number of fused-ring (bicyclic) bond motifs is 1. The van der Waals surface area contributed by atoms with Crippen molar-refractivity contribution in [1.29, 1.82) is 0 Å². The fourth-order valence-electron chi connectivity index (χ4n) is 4.58. The van der Waals surface area contributed by atoms with Gasteiger partial charge in [-0.25, -0.2) is 13.2 Å². The van der Waals surface area contributed by atoms with E-state index in [1.165, 1.54) is 12.1 Å². The second-order valence-corrected chi connectivity index (χ2v) is 11.1. The number of likely N-dealkylation sites (tertiary alicyclic amines) is 1. The average molecular weight is 531 g/mol. The van der Waals surface area contributed by atoms with Crippen molar-refractivity contribution in [3.05, 3.63) is 107 Å². The first-order chi connectivity index (χ1) is 18.4. The van der Waals surface area contributed by atoms with Gasteiger partial charge in [0.1, 0.15) is 24.1 Å². The third kappa shape index (κ3) is 5.68. The highest BCUT2D eigenvalue weighted by Crippen LogP contribution is 2.32. The lowest BCUT2D eigenvalue weighted by atomic mass is 10.1. The van der Waals surface area contributed by atoms with E-state index >= 15 is 0 Å². The van der Waals surface area contributed by atoms with Gasteiger partial charge in [0.05, 0.1) is 17.2 Å². The van der Waals surface area contributed by atoms with Crippen LogP contribution in [0.5, 0.6) is 5.75 Å². The Morgan fingerprint density at radius 1 is 0.947 bits per heavy atom. The second-order valence-electron chi connectivity index (χ2n) is 9.13. The Kier molecular flexibility index (Phi) is 7.37. The number of hydrogen-bond donors (Lipinski definition) is 0. The summed E-state index contributed by atoms with van der Waals surface area (Å²) in [6.07, 6.45) is -0.114. The molecule has 0 aliphatic carbocycles. The Bertz CT molecular complexity index is 1570. The van der Waals surface area contributed by atoms with E-state index in [1.54, 1.807) is 35.2 Å². The summed E-state index contributed by atoms with van der Waals surface area (Å²) in [7, 11) is -3.79. The summed E-state index contributed by atoms with van der Waals surface area (Å²) < 4.78 is 38.2. The number of sulfone groups is 1. The maximum Gasteiger partial charge on any atom is 0.410 e. The van der Waals surface area contributed by atoms with Crippen LogP contribution >= 0.6 is 0 Å². The molecule has 1 aliphatic rings. The molecule has 1 heterocycles. The molecule has 194 valence electrons. The van der Waals surface area contributed by atoms with Gasteiger partial charge >= 0.3 is 6.09 Å². The van der Waals surface area contributed by atoms with Gasteiger partial charge in [-0.1, -0.05) is 66.7 Å². The van der Waals surface area contributed by atoms with Gasteiger partial charge in [-0.05, 0) is 40.4 Å². The zero-order valence-corrected chi connectivity index (χ0v) is 21.3. The lowest BCUT2D eigenvalue weighted by Gasteiger charge is -2.18.